The van der Waals surface area contributed by atoms with Gasteiger partial charge in [-0.15, -0.1) is 0 Å². The van der Waals surface area contributed by atoms with Gasteiger partial charge in [0, 0.05) is 47.3 Å². The van der Waals surface area contributed by atoms with E-state index in [0.29, 0.717) is 53.4 Å². The lowest BCUT2D eigenvalue weighted by Gasteiger charge is -2.50. The first kappa shape index (κ1) is 52.3. The van der Waals surface area contributed by atoms with E-state index in [9.17, 15) is 25.5 Å². The molecule has 3 saturated carbocycles. The molecule has 7 N–H and O–H groups in total. The van der Waals surface area contributed by atoms with Gasteiger partial charge >= 0.3 is 0 Å². The van der Waals surface area contributed by atoms with Crippen LogP contribution in [0.3, 0.4) is 0 Å². The number of aromatic amines is 1. The van der Waals surface area contributed by atoms with Crippen molar-refractivity contribution >= 4 is 38.1 Å². The number of ketones is 1. The Morgan fingerprint density at radius 3 is 2.35 bits per heavy atom. The van der Waals surface area contributed by atoms with Crippen LogP contribution in [0.25, 0.3) is 10.8 Å². The number of fused-ring (bicyclic) bond motifs is 2. The summed E-state index contributed by atoms with van der Waals surface area (Å²) in [5.41, 5.74) is 6.36. The molecule has 6 aromatic rings. The molecule has 12 heteroatoms. The maximum absolute atomic E-state index is 16.8. The van der Waals surface area contributed by atoms with E-state index in [0.717, 1.165) is 98.3 Å². The second-order valence-electron chi connectivity index (χ2n) is 21.8. The van der Waals surface area contributed by atoms with Crippen LogP contribution >= 0.6 is 21.6 Å². The van der Waals surface area contributed by atoms with Crippen molar-refractivity contribution in [1.82, 2.24) is 10.3 Å². The molecule has 6 unspecified atom stereocenters. The predicted octanol–water partition coefficient (Wildman–Crippen LogP) is 11.9. The number of aliphatic hydroxyl groups excluding tert-OH is 2. The lowest BCUT2D eigenvalue weighted by atomic mass is 9.55. The van der Waals surface area contributed by atoms with Crippen LogP contribution in [0.2, 0.25) is 0 Å². The van der Waals surface area contributed by atoms with E-state index in [2.05, 4.69) is 47.6 Å². The first-order chi connectivity index (χ1) is 35.9. The number of carbonyl (C=O) groups is 1. The topological polar surface area (TPSA) is 164 Å². The molecule has 0 radical (unpaired) electrons. The number of methoxy groups -OCH3 is 1. The Morgan fingerprint density at radius 1 is 0.811 bits per heavy atom. The average molecular weight is 1040 g/mol. The summed E-state index contributed by atoms with van der Waals surface area (Å²) in [7, 11) is 6.97. The Balaban J connectivity index is 1.14. The van der Waals surface area contributed by atoms with Crippen molar-refractivity contribution in [3.05, 3.63) is 147 Å². The molecule has 10 nitrogen and oxygen atoms in total. The summed E-state index contributed by atoms with van der Waals surface area (Å²) < 4.78 is 12.6. The van der Waals surface area contributed by atoms with Crippen molar-refractivity contribution in [2.75, 3.05) is 19.9 Å². The molecule has 0 spiro atoms. The van der Waals surface area contributed by atoms with Gasteiger partial charge in [0.25, 0.3) is 0 Å². The Morgan fingerprint density at radius 2 is 1.59 bits per heavy atom. The number of phenolic OH excluding ortho intramolecular Hbond substituents is 3. The van der Waals surface area contributed by atoms with Gasteiger partial charge in [-0.25, -0.2) is 0 Å². The number of aromatic hydroxyl groups is 3. The lowest BCUT2D eigenvalue weighted by Crippen LogP contribution is -2.61. The monoisotopic (exact) mass is 1040 g/mol. The smallest absolute Gasteiger partial charge is 0.164 e. The van der Waals surface area contributed by atoms with Gasteiger partial charge in [0.2, 0.25) is 0 Å². The largest absolute Gasteiger partial charge is 0.508 e. The number of benzene rings is 5. The van der Waals surface area contributed by atoms with Crippen LogP contribution in [-0.2, 0) is 53.6 Å². The molecule has 74 heavy (non-hydrogen) atoms. The standard InChI is InChI=1S/C62H74N2O8S2/c1-4-40-17-18-41-12-11-13-43-36-73-74-37-45-29-55(68)62(34-38-16-20-52(66)54(27-38)72-49-14-7-5-8-15-49,47-30-46(31-48(65)32-47)61(63-2)23-9-6-10-24-61)60(70)57(45)58(69)44(26-39-22-25-64-35-39)28-42-19-21-53(67)59(71-3)51(42)33-50(40)56(41)43/h11-13,16-22,25,27,30-32,35,44-45,49,55,57-58,63-69H,4-10,14-15,23-24,26,28-29,33-34,36-37H2,1-3H3. The van der Waals surface area contributed by atoms with E-state index < -0.39 is 40.9 Å². The van der Waals surface area contributed by atoms with Gasteiger partial charge in [0.1, 0.15) is 5.75 Å². The first-order valence-electron chi connectivity index (χ1n) is 27.1. The highest BCUT2D eigenvalue weighted by Crippen LogP contribution is 2.52. The Kier molecular flexibility index (Phi) is 16.0. The highest BCUT2D eigenvalue weighted by molar-refractivity contribution is 8.76. The van der Waals surface area contributed by atoms with Crippen molar-refractivity contribution in [2.24, 2.45) is 17.8 Å². The summed E-state index contributed by atoms with van der Waals surface area (Å²) in [6.45, 7) is 2.18. The summed E-state index contributed by atoms with van der Waals surface area (Å²) in [5.74, 6) is -0.114. The van der Waals surface area contributed by atoms with E-state index in [4.69, 9.17) is 9.47 Å². The quantitative estimate of drug-likeness (QED) is 0.0618. The van der Waals surface area contributed by atoms with Crippen LogP contribution in [0.15, 0.2) is 97.3 Å². The zero-order valence-corrected chi connectivity index (χ0v) is 44.8. The number of phenols is 3. The fourth-order valence-corrected chi connectivity index (χ4v) is 16.1. The van der Waals surface area contributed by atoms with Crippen molar-refractivity contribution in [2.45, 2.75) is 145 Å². The number of hydrogen-bond acceptors (Lipinski definition) is 11. The number of ether oxygens (including phenoxy) is 2. The number of hydrogen-bond donors (Lipinski definition) is 7. The number of aliphatic hydroxyl groups is 2. The Hall–Kier alpha value is -5.11. The molecule has 0 amide bonds. The Bertz CT molecular complexity index is 2930. The third-order valence-electron chi connectivity index (χ3n) is 17.6. The second-order valence-corrected chi connectivity index (χ2v) is 24.3. The molecule has 1 aromatic heterocycles. The maximum Gasteiger partial charge on any atom is 0.164 e. The zero-order valence-electron chi connectivity index (χ0n) is 43.2. The first-order valence-corrected chi connectivity index (χ1v) is 29.6. The molecule has 3 fully saturated rings. The minimum atomic E-state index is -1.63. The van der Waals surface area contributed by atoms with Gasteiger partial charge in [0.15, 0.2) is 28.8 Å². The molecule has 3 aliphatic carbocycles. The van der Waals surface area contributed by atoms with Crippen LogP contribution in [-0.4, -0.2) is 74.5 Å². The van der Waals surface area contributed by atoms with Gasteiger partial charge < -0.3 is 45.3 Å². The SMILES string of the molecule is CCc1ccc2cccc3c2c1Cc1c(ccc(O)c1OC)CC(Cc1cc[nH]c1)C(O)C1C(=O)C(Cc2ccc(O)c(OC4CCCCC4)c2)(c2cc(O)cc(C4(NC)CCCCC4)c2)C(O)CC1CSSC3. The molecule has 392 valence electrons. The second kappa shape index (κ2) is 22.6. The van der Waals surface area contributed by atoms with Crippen LogP contribution in [0.5, 0.6) is 28.7 Å². The number of carbonyl (C=O) groups excluding carboxylic acids is 1. The molecular formula is C62H74N2O8S2. The normalized spacial score (nSPS) is 24.8. The minimum Gasteiger partial charge on any atom is -0.508 e. The summed E-state index contributed by atoms with van der Waals surface area (Å²) in [4.78, 5) is 20.0. The summed E-state index contributed by atoms with van der Waals surface area (Å²) >= 11 is 0. The zero-order chi connectivity index (χ0) is 51.6. The van der Waals surface area contributed by atoms with Crippen molar-refractivity contribution in [3.63, 3.8) is 0 Å². The highest BCUT2D eigenvalue weighted by Gasteiger charge is 2.58. The maximum atomic E-state index is 16.8. The van der Waals surface area contributed by atoms with Crippen LogP contribution in [0.1, 0.15) is 128 Å². The summed E-state index contributed by atoms with van der Waals surface area (Å²) in [5, 5.41) is 67.4. The summed E-state index contributed by atoms with van der Waals surface area (Å²) in [6, 6.07) is 27.3. The lowest BCUT2D eigenvalue weighted by molar-refractivity contribution is -0.149. The predicted molar refractivity (Wildman–Crippen MR) is 298 cm³/mol. The van der Waals surface area contributed by atoms with Gasteiger partial charge in [0.05, 0.1) is 30.8 Å². The highest BCUT2D eigenvalue weighted by atomic mass is 33.1. The number of rotatable bonds is 11. The van der Waals surface area contributed by atoms with Crippen LogP contribution in [0.4, 0.5) is 0 Å². The number of H-pyrrole nitrogens is 1. The molecule has 4 aliphatic rings. The number of Topliss-reactive ketones (excluding diaryl/α,β-unsaturated/α-hetero) is 1. The number of aryl methyl sites for hydroxylation is 1. The van der Waals surface area contributed by atoms with E-state index in [-0.39, 0.29) is 42.0 Å². The fraction of sp³-hybridized carbons (Fsp3) is 0.468. The molecule has 6 atom stereocenters. The van der Waals surface area contributed by atoms with E-state index in [1.807, 2.05) is 55.8 Å². The van der Waals surface area contributed by atoms with Crippen molar-refractivity contribution < 1.29 is 39.8 Å². The van der Waals surface area contributed by atoms with Gasteiger partial charge in [-0.1, -0.05) is 103 Å². The van der Waals surface area contributed by atoms with E-state index in [1.54, 1.807) is 46.9 Å². The molecule has 0 saturated heterocycles. The minimum absolute atomic E-state index is 0.0159. The number of nitrogens with one attached hydrogen (secondary N) is 2. The molecular weight excluding hydrogens is 965 g/mol. The van der Waals surface area contributed by atoms with Crippen LogP contribution in [0, 0.1) is 17.8 Å². The molecule has 10 rings (SSSR count). The summed E-state index contributed by atoms with van der Waals surface area (Å²) in [6.07, 6.45) is 13.7. The van der Waals surface area contributed by atoms with Gasteiger partial charge in [-0.05, 0) is 181 Å². The average Bonchev–Trinajstić information content (AvgIpc) is 3.94. The Labute approximate surface area is 444 Å². The van der Waals surface area contributed by atoms with Gasteiger partial charge in [-0.2, -0.15) is 0 Å². The van der Waals surface area contributed by atoms with Gasteiger partial charge in [-0.3, -0.25) is 4.79 Å². The third kappa shape index (κ3) is 10.3. The third-order valence-corrected chi connectivity index (χ3v) is 20.0. The van der Waals surface area contributed by atoms with E-state index in [1.165, 1.54) is 22.1 Å². The van der Waals surface area contributed by atoms with E-state index >= 15 is 4.79 Å². The van der Waals surface area contributed by atoms with Crippen LogP contribution < -0.4 is 14.8 Å². The van der Waals surface area contributed by atoms with Crippen molar-refractivity contribution in [3.8, 4) is 28.7 Å². The fourth-order valence-electron chi connectivity index (χ4n) is 13.6. The molecule has 5 aromatic carbocycles. The molecule has 1 aliphatic heterocycles. The molecule has 2 heterocycles. The number of aromatic nitrogens is 1. The molecule has 0 bridgehead atoms. The van der Waals surface area contributed by atoms with Crippen molar-refractivity contribution in [1.29, 1.82) is 0 Å².